The lowest BCUT2D eigenvalue weighted by atomic mass is 9.78. The van der Waals surface area contributed by atoms with Gasteiger partial charge >= 0.3 is 0 Å². The van der Waals surface area contributed by atoms with E-state index in [-0.39, 0.29) is 24.0 Å². The second-order valence-corrected chi connectivity index (χ2v) is 7.13. The summed E-state index contributed by atoms with van der Waals surface area (Å²) in [5.74, 6) is 1.91. The highest BCUT2D eigenvalue weighted by atomic mass is 16.5. The number of rotatable bonds is 4. The molecule has 2 aliphatic rings. The molecule has 2 aromatic carbocycles. The molecule has 4 nitrogen and oxygen atoms in total. The third-order valence-electron chi connectivity index (χ3n) is 5.50. The molecule has 25 heavy (non-hydrogen) atoms. The number of para-hydroxylation sites is 2. The van der Waals surface area contributed by atoms with Gasteiger partial charge in [-0.15, -0.1) is 0 Å². The molecule has 4 heteroatoms. The second kappa shape index (κ2) is 7.06. The fourth-order valence-electron chi connectivity index (χ4n) is 4.25. The van der Waals surface area contributed by atoms with Gasteiger partial charge in [0.1, 0.15) is 23.7 Å². The Hall–Kier alpha value is -2.04. The highest BCUT2D eigenvalue weighted by molar-refractivity contribution is 5.23. The van der Waals surface area contributed by atoms with Gasteiger partial charge in [-0.2, -0.15) is 0 Å². The van der Waals surface area contributed by atoms with Crippen LogP contribution in [-0.2, 0) is 0 Å². The van der Waals surface area contributed by atoms with Crippen molar-refractivity contribution in [3.63, 3.8) is 0 Å². The standard InChI is InChI=1S/C21H24O4/c22-18-11-14-12-20(25-16-9-5-2-6-10-16)21(23)17(14)13-19(18)24-15-7-3-1-4-8-15/h1-10,14,17-23H,11-13H2. The lowest BCUT2D eigenvalue weighted by Gasteiger charge is -2.36. The molecule has 0 spiro atoms. The van der Waals surface area contributed by atoms with Gasteiger partial charge in [0.15, 0.2) is 0 Å². The van der Waals surface area contributed by atoms with Gasteiger partial charge in [-0.25, -0.2) is 0 Å². The number of aliphatic hydroxyl groups excluding tert-OH is 2. The van der Waals surface area contributed by atoms with Crippen LogP contribution in [0.3, 0.4) is 0 Å². The minimum Gasteiger partial charge on any atom is -0.488 e. The van der Waals surface area contributed by atoms with Crippen LogP contribution in [0.2, 0.25) is 0 Å². The highest BCUT2D eigenvalue weighted by Crippen LogP contribution is 2.44. The Morgan fingerprint density at radius 1 is 0.680 bits per heavy atom. The Kier molecular flexibility index (Phi) is 4.64. The van der Waals surface area contributed by atoms with Gasteiger partial charge in [-0.05, 0) is 55.4 Å². The fourth-order valence-corrected chi connectivity index (χ4v) is 4.25. The second-order valence-electron chi connectivity index (χ2n) is 7.13. The Labute approximate surface area is 148 Å². The number of hydrogen-bond donors (Lipinski definition) is 2. The Balaban J connectivity index is 1.43. The van der Waals surface area contributed by atoms with E-state index in [1.54, 1.807) is 0 Å². The molecule has 0 aromatic heterocycles. The summed E-state index contributed by atoms with van der Waals surface area (Å²) >= 11 is 0. The molecule has 2 aromatic rings. The van der Waals surface area contributed by atoms with Gasteiger partial charge in [0.25, 0.3) is 0 Å². The first-order chi connectivity index (χ1) is 12.2. The van der Waals surface area contributed by atoms with Gasteiger partial charge in [0.2, 0.25) is 0 Å². The van der Waals surface area contributed by atoms with Gasteiger partial charge in [0, 0.05) is 0 Å². The van der Waals surface area contributed by atoms with E-state index in [2.05, 4.69) is 0 Å². The summed E-state index contributed by atoms with van der Waals surface area (Å²) in [4.78, 5) is 0. The minimum atomic E-state index is -0.528. The smallest absolute Gasteiger partial charge is 0.125 e. The van der Waals surface area contributed by atoms with Crippen LogP contribution in [0.4, 0.5) is 0 Å². The maximum Gasteiger partial charge on any atom is 0.125 e. The van der Waals surface area contributed by atoms with Crippen LogP contribution < -0.4 is 9.47 Å². The monoisotopic (exact) mass is 340 g/mol. The minimum absolute atomic E-state index is 0.103. The predicted molar refractivity (Wildman–Crippen MR) is 94.6 cm³/mol. The quantitative estimate of drug-likeness (QED) is 0.898. The summed E-state index contributed by atoms with van der Waals surface area (Å²) in [5.41, 5.74) is 0. The molecule has 132 valence electrons. The van der Waals surface area contributed by atoms with Crippen LogP contribution in [0.5, 0.6) is 11.5 Å². The fraction of sp³-hybridized carbons (Fsp3) is 0.429. The maximum atomic E-state index is 10.8. The van der Waals surface area contributed by atoms with Gasteiger partial charge in [0.05, 0.1) is 12.2 Å². The number of fused-ring (bicyclic) bond motifs is 1. The Bertz CT molecular complexity index is 675. The normalized spacial score (nSPS) is 34.3. The topological polar surface area (TPSA) is 58.9 Å². The van der Waals surface area contributed by atoms with Crippen LogP contribution >= 0.6 is 0 Å². The van der Waals surface area contributed by atoms with Crippen molar-refractivity contribution >= 4 is 0 Å². The molecule has 0 amide bonds. The SMILES string of the molecule is OC1CC2CC(Oc3ccccc3)C(O)C2CC1Oc1ccccc1. The average Bonchev–Trinajstić information content (AvgIpc) is 2.92. The zero-order chi connectivity index (χ0) is 17.2. The predicted octanol–water partition coefficient (Wildman–Crippen LogP) is 3.03. The van der Waals surface area contributed by atoms with Crippen molar-refractivity contribution < 1.29 is 19.7 Å². The van der Waals surface area contributed by atoms with Crippen LogP contribution in [0.15, 0.2) is 60.7 Å². The van der Waals surface area contributed by atoms with Crippen LogP contribution in [-0.4, -0.2) is 34.6 Å². The molecular formula is C21H24O4. The van der Waals surface area contributed by atoms with Crippen LogP contribution in [0.25, 0.3) is 0 Å². The summed E-state index contributed by atoms with van der Waals surface area (Å²) < 4.78 is 12.0. The summed E-state index contributed by atoms with van der Waals surface area (Å²) in [6.45, 7) is 0. The third kappa shape index (κ3) is 3.51. The molecule has 0 radical (unpaired) electrons. The molecule has 2 fully saturated rings. The first kappa shape index (κ1) is 16.4. The lowest BCUT2D eigenvalue weighted by Crippen LogP contribution is -2.43. The van der Waals surface area contributed by atoms with Crippen LogP contribution in [0.1, 0.15) is 19.3 Å². The van der Waals surface area contributed by atoms with Crippen molar-refractivity contribution in [1.29, 1.82) is 0 Å². The van der Waals surface area contributed by atoms with E-state index in [0.29, 0.717) is 12.8 Å². The molecule has 2 aliphatic carbocycles. The zero-order valence-electron chi connectivity index (χ0n) is 14.1. The average molecular weight is 340 g/mol. The van der Waals surface area contributed by atoms with E-state index >= 15 is 0 Å². The number of aliphatic hydroxyl groups is 2. The molecule has 2 saturated carbocycles. The molecular weight excluding hydrogens is 316 g/mol. The molecule has 0 saturated heterocycles. The number of ether oxygens (including phenoxy) is 2. The molecule has 0 heterocycles. The molecule has 6 atom stereocenters. The van der Waals surface area contributed by atoms with E-state index in [1.807, 2.05) is 60.7 Å². The van der Waals surface area contributed by atoms with E-state index in [9.17, 15) is 10.2 Å². The molecule has 2 N–H and O–H groups in total. The highest BCUT2D eigenvalue weighted by Gasteiger charge is 2.49. The summed E-state index contributed by atoms with van der Waals surface area (Å²) in [6, 6.07) is 19.2. The van der Waals surface area contributed by atoms with E-state index in [0.717, 1.165) is 17.9 Å². The first-order valence-electron chi connectivity index (χ1n) is 9.00. The molecule has 6 unspecified atom stereocenters. The Morgan fingerprint density at radius 2 is 1.24 bits per heavy atom. The molecule has 4 rings (SSSR count). The van der Waals surface area contributed by atoms with Gasteiger partial charge in [-0.1, -0.05) is 36.4 Å². The molecule has 0 aliphatic heterocycles. The summed E-state index contributed by atoms with van der Waals surface area (Å²) in [5, 5.41) is 21.2. The van der Waals surface area contributed by atoms with Gasteiger partial charge < -0.3 is 19.7 Å². The van der Waals surface area contributed by atoms with Crippen molar-refractivity contribution in [1.82, 2.24) is 0 Å². The summed E-state index contributed by atoms with van der Waals surface area (Å²) in [6.07, 6.45) is 0.526. The Morgan fingerprint density at radius 3 is 1.84 bits per heavy atom. The van der Waals surface area contributed by atoms with Crippen molar-refractivity contribution in [2.24, 2.45) is 11.8 Å². The van der Waals surface area contributed by atoms with Gasteiger partial charge in [-0.3, -0.25) is 0 Å². The zero-order valence-corrected chi connectivity index (χ0v) is 14.1. The summed E-state index contributed by atoms with van der Waals surface area (Å²) in [7, 11) is 0. The van der Waals surface area contributed by atoms with Crippen molar-refractivity contribution in [2.45, 2.75) is 43.7 Å². The van der Waals surface area contributed by atoms with Crippen molar-refractivity contribution in [3.8, 4) is 11.5 Å². The van der Waals surface area contributed by atoms with Crippen molar-refractivity contribution in [2.75, 3.05) is 0 Å². The van der Waals surface area contributed by atoms with Crippen LogP contribution in [0, 0.1) is 11.8 Å². The third-order valence-corrected chi connectivity index (χ3v) is 5.50. The van der Waals surface area contributed by atoms with E-state index < -0.39 is 12.2 Å². The van der Waals surface area contributed by atoms with Crippen molar-refractivity contribution in [3.05, 3.63) is 60.7 Å². The number of hydrogen-bond acceptors (Lipinski definition) is 4. The molecule has 0 bridgehead atoms. The largest absolute Gasteiger partial charge is 0.488 e. The maximum absolute atomic E-state index is 10.8. The lowest BCUT2D eigenvalue weighted by molar-refractivity contribution is -0.0506. The van der Waals surface area contributed by atoms with E-state index in [1.165, 1.54) is 0 Å². The number of benzene rings is 2. The first-order valence-corrected chi connectivity index (χ1v) is 9.00. The van der Waals surface area contributed by atoms with E-state index in [4.69, 9.17) is 9.47 Å².